The van der Waals surface area contributed by atoms with E-state index in [1.54, 1.807) is 12.3 Å². The standard InChI is InChI=1S/C23H28N2O3/c1-23(2,3)21(20-14-16-6-4-5-7-19(16)28-20)24-18-8-11-25(12-9-18)22(26)17-10-13-27-15-17/h4-7,10,13-15,18,21,24H,8-9,11-12H2,1-3H3. The molecule has 3 aromatic rings. The van der Waals surface area contributed by atoms with Gasteiger partial charge in [0.1, 0.15) is 17.6 Å². The fraction of sp³-hybridized carbons (Fsp3) is 0.435. The minimum Gasteiger partial charge on any atom is -0.472 e. The molecule has 1 amide bonds. The van der Waals surface area contributed by atoms with Gasteiger partial charge in [0.25, 0.3) is 5.91 Å². The van der Waals surface area contributed by atoms with Crippen LogP contribution in [0, 0.1) is 5.41 Å². The number of amides is 1. The molecule has 1 aromatic carbocycles. The molecule has 3 heterocycles. The lowest BCUT2D eigenvalue weighted by Crippen LogP contribution is -2.47. The van der Waals surface area contributed by atoms with Crippen molar-refractivity contribution in [2.24, 2.45) is 5.41 Å². The van der Waals surface area contributed by atoms with E-state index in [2.05, 4.69) is 38.2 Å². The third kappa shape index (κ3) is 3.85. The second-order valence-electron chi connectivity index (χ2n) is 8.73. The Morgan fingerprint density at radius 1 is 1.18 bits per heavy atom. The number of hydrogen-bond acceptors (Lipinski definition) is 4. The Bertz CT molecular complexity index is 895. The van der Waals surface area contributed by atoms with Crippen LogP contribution < -0.4 is 5.32 Å². The van der Waals surface area contributed by atoms with Crippen molar-refractivity contribution in [3.8, 4) is 0 Å². The fourth-order valence-corrected chi connectivity index (χ4v) is 3.96. The third-order valence-electron chi connectivity index (χ3n) is 5.55. The zero-order valence-electron chi connectivity index (χ0n) is 16.8. The quantitative estimate of drug-likeness (QED) is 0.691. The second-order valence-corrected chi connectivity index (χ2v) is 8.73. The fourth-order valence-electron chi connectivity index (χ4n) is 3.96. The van der Waals surface area contributed by atoms with Crippen LogP contribution in [0.3, 0.4) is 0 Å². The molecule has 0 spiro atoms. The molecule has 1 atom stereocenters. The summed E-state index contributed by atoms with van der Waals surface area (Å²) in [4.78, 5) is 14.4. The molecule has 1 aliphatic rings. The Hall–Kier alpha value is -2.53. The second kappa shape index (κ2) is 7.47. The van der Waals surface area contributed by atoms with Crippen molar-refractivity contribution in [1.29, 1.82) is 0 Å². The third-order valence-corrected chi connectivity index (χ3v) is 5.55. The zero-order chi connectivity index (χ0) is 19.7. The molecule has 28 heavy (non-hydrogen) atoms. The maximum Gasteiger partial charge on any atom is 0.257 e. The first-order chi connectivity index (χ1) is 13.4. The Morgan fingerprint density at radius 3 is 2.57 bits per heavy atom. The average molecular weight is 380 g/mol. The van der Waals surface area contributed by atoms with Crippen LogP contribution >= 0.6 is 0 Å². The number of fused-ring (bicyclic) bond motifs is 1. The molecule has 0 bridgehead atoms. The molecular weight excluding hydrogens is 352 g/mol. The Kier molecular flexibility index (Phi) is 5.02. The van der Waals surface area contributed by atoms with Crippen molar-refractivity contribution in [3.63, 3.8) is 0 Å². The number of nitrogens with one attached hydrogen (secondary N) is 1. The summed E-state index contributed by atoms with van der Waals surface area (Å²) in [5.41, 5.74) is 1.56. The molecule has 1 saturated heterocycles. The maximum absolute atomic E-state index is 12.5. The molecule has 1 N–H and O–H groups in total. The first-order valence-electron chi connectivity index (χ1n) is 9.98. The number of furan rings is 2. The number of nitrogens with zero attached hydrogens (tertiary/aromatic N) is 1. The number of benzene rings is 1. The highest BCUT2D eigenvalue weighted by Gasteiger charge is 2.33. The maximum atomic E-state index is 12.5. The lowest BCUT2D eigenvalue weighted by molar-refractivity contribution is 0.0689. The van der Waals surface area contributed by atoms with Gasteiger partial charge in [-0.2, -0.15) is 0 Å². The van der Waals surface area contributed by atoms with Crippen molar-refractivity contribution in [2.45, 2.75) is 45.7 Å². The van der Waals surface area contributed by atoms with Crippen LogP contribution in [0.15, 0.2) is 57.8 Å². The normalized spacial score (nSPS) is 17.2. The summed E-state index contributed by atoms with van der Waals surface area (Å²) >= 11 is 0. The van der Waals surface area contributed by atoms with Crippen molar-refractivity contribution >= 4 is 16.9 Å². The Balaban J connectivity index is 1.44. The van der Waals surface area contributed by atoms with Crippen LogP contribution in [-0.2, 0) is 0 Å². The number of carbonyl (C=O) groups is 1. The predicted octanol–water partition coefficient (Wildman–Crippen LogP) is 5.01. The van der Waals surface area contributed by atoms with Crippen LogP contribution in [0.25, 0.3) is 11.0 Å². The van der Waals surface area contributed by atoms with Gasteiger partial charge in [-0.3, -0.25) is 4.79 Å². The van der Waals surface area contributed by atoms with Gasteiger partial charge in [0.05, 0.1) is 17.9 Å². The van der Waals surface area contributed by atoms with E-state index in [0.717, 1.165) is 42.7 Å². The summed E-state index contributed by atoms with van der Waals surface area (Å²) in [6.07, 6.45) is 4.92. The largest absolute Gasteiger partial charge is 0.472 e. The first-order valence-corrected chi connectivity index (χ1v) is 9.98. The van der Waals surface area contributed by atoms with Crippen molar-refractivity contribution < 1.29 is 13.6 Å². The van der Waals surface area contributed by atoms with Crippen LogP contribution in [0.2, 0.25) is 0 Å². The molecule has 148 valence electrons. The molecular formula is C23H28N2O3. The van der Waals surface area contributed by atoms with Crippen LogP contribution in [-0.4, -0.2) is 29.9 Å². The number of para-hydroxylation sites is 1. The van der Waals surface area contributed by atoms with E-state index in [0.29, 0.717) is 11.6 Å². The molecule has 5 nitrogen and oxygen atoms in total. The summed E-state index contributed by atoms with van der Waals surface area (Å²) in [5, 5.41) is 4.95. The van der Waals surface area contributed by atoms with E-state index in [-0.39, 0.29) is 17.4 Å². The molecule has 1 fully saturated rings. The van der Waals surface area contributed by atoms with Gasteiger partial charge in [-0.15, -0.1) is 0 Å². The van der Waals surface area contributed by atoms with E-state index in [4.69, 9.17) is 8.83 Å². The predicted molar refractivity (Wildman–Crippen MR) is 109 cm³/mol. The lowest BCUT2D eigenvalue weighted by atomic mass is 9.84. The van der Waals surface area contributed by atoms with Gasteiger partial charge in [-0.25, -0.2) is 0 Å². The summed E-state index contributed by atoms with van der Waals surface area (Å²) in [6, 6.07) is 12.5. The molecule has 0 saturated carbocycles. The summed E-state index contributed by atoms with van der Waals surface area (Å²) in [6.45, 7) is 8.19. The average Bonchev–Trinajstić information content (AvgIpc) is 3.34. The number of hydrogen-bond donors (Lipinski definition) is 1. The van der Waals surface area contributed by atoms with E-state index < -0.39 is 0 Å². The Labute approximate surface area is 165 Å². The smallest absolute Gasteiger partial charge is 0.257 e. The van der Waals surface area contributed by atoms with Gasteiger partial charge in [-0.1, -0.05) is 39.0 Å². The SMILES string of the molecule is CC(C)(C)C(NC1CCN(C(=O)c2ccoc2)CC1)c1cc2ccccc2o1. The van der Waals surface area contributed by atoms with Gasteiger partial charge in [0.2, 0.25) is 0 Å². The highest BCUT2D eigenvalue weighted by atomic mass is 16.3. The van der Waals surface area contributed by atoms with Crippen molar-refractivity contribution in [2.75, 3.05) is 13.1 Å². The zero-order valence-corrected chi connectivity index (χ0v) is 16.8. The van der Waals surface area contributed by atoms with E-state index in [9.17, 15) is 4.79 Å². The number of piperidine rings is 1. The molecule has 0 aliphatic carbocycles. The monoisotopic (exact) mass is 380 g/mol. The summed E-state index contributed by atoms with van der Waals surface area (Å²) < 4.78 is 11.2. The van der Waals surface area contributed by atoms with Crippen molar-refractivity contribution in [1.82, 2.24) is 10.2 Å². The number of carbonyl (C=O) groups excluding carboxylic acids is 1. The molecule has 0 radical (unpaired) electrons. The Morgan fingerprint density at radius 2 is 1.93 bits per heavy atom. The molecule has 2 aromatic heterocycles. The van der Waals surface area contributed by atoms with Crippen LogP contribution in [0.5, 0.6) is 0 Å². The van der Waals surface area contributed by atoms with E-state index >= 15 is 0 Å². The van der Waals surface area contributed by atoms with Crippen molar-refractivity contribution in [3.05, 3.63) is 60.2 Å². The lowest BCUT2D eigenvalue weighted by Gasteiger charge is -2.38. The topological polar surface area (TPSA) is 58.6 Å². The summed E-state index contributed by atoms with van der Waals surface area (Å²) in [5.74, 6) is 1.03. The van der Waals surface area contributed by atoms with Crippen LogP contribution in [0.4, 0.5) is 0 Å². The number of rotatable bonds is 4. The first kappa shape index (κ1) is 18.8. The van der Waals surface area contributed by atoms with E-state index in [1.165, 1.54) is 6.26 Å². The van der Waals surface area contributed by atoms with E-state index in [1.807, 2.05) is 23.1 Å². The minimum absolute atomic E-state index is 0.0115. The van der Waals surface area contributed by atoms with Gasteiger partial charge in [0.15, 0.2) is 0 Å². The van der Waals surface area contributed by atoms with Gasteiger partial charge in [-0.05, 0) is 36.5 Å². The molecule has 1 unspecified atom stereocenters. The minimum atomic E-state index is 0.0115. The summed E-state index contributed by atoms with van der Waals surface area (Å²) in [7, 11) is 0. The number of likely N-dealkylation sites (tertiary alicyclic amines) is 1. The highest BCUT2D eigenvalue weighted by Crippen LogP contribution is 2.36. The van der Waals surface area contributed by atoms with Gasteiger partial charge < -0.3 is 19.1 Å². The molecule has 1 aliphatic heterocycles. The molecule has 4 rings (SSSR count). The van der Waals surface area contributed by atoms with Gasteiger partial charge >= 0.3 is 0 Å². The van der Waals surface area contributed by atoms with Gasteiger partial charge in [0, 0.05) is 24.5 Å². The highest BCUT2D eigenvalue weighted by molar-refractivity contribution is 5.93. The molecule has 5 heteroatoms. The van der Waals surface area contributed by atoms with Crippen LogP contribution in [0.1, 0.15) is 55.8 Å².